The van der Waals surface area contributed by atoms with E-state index in [1.165, 1.54) is 11.1 Å². The second-order valence-electron chi connectivity index (χ2n) is 10.3. The lowest BCUT2D eigenvalue weighted by Gasteiger charge is -2.23. The Morgan fingerprint density at radius 2 is 1.69 bits per heavy atom. The predicted octanol–water partition coefficient (Wildman–Crippen LogP) is 4.19. The average Bonchev–Trinajstić information content (AvgIpc) is 3.29. The summed E-state index contributed by atoms with van der Waals surface area (Å²) >= 11 is 0. The van der Waals surface area contributed by atoms with E-state index in [9.17, 15) is 4.79 Å². The third kappa shape index (κ3) is 5.57. The van der Waals surface area contributed by atoms with Gasteiger partial charge in [0.1, 0.15) is 11.6 Å². The van der Waals surface area contributed by atoms with Crippen molar-refractivity contribution in [3.05, 3.63) is 89.7 Å². The number of hydrogen-bond acceptors (Lipinski definition) is 6. The molecule has 1 amide bonds. The second kappa shape index (κ2) is 11.4. The summed E-state index contributed by atoms with van der Waals surface area (Å²) in [5.41, 5.74) is 5.36. The van der Waals surface area contributed by atoms with E-state index in [2.05, 4.69) is 66.3 Å². The van der Waals surface area contributed by atoms with Gasteiger partial charge in [-0.3, -0.25) is 19.2 Å². The summed E-state index contributed by atoms with van der Waals surface area (Å²) < 4.78 is 7.67. The first-order valence-corrected chi connectivity index (χ1v) is 13.7. The fourth-order valence-electron chi connectivity index (χ4n) is 5.65. The molecule has 3 aromatic carbocycles. The predicted molar refractivity (Wildman–Crippen MR) is 152 cm³/mol. The molecule has 0 bridgehead atoms. The first-order chi connectivity index (χ1) is 19.2. The SMILES string of the molecule is COc1ccccc1CN1CCCN(CC(=O)Nc2ccc3c(c2)CCc2nnc(-c4ccccc4)n2-3)CC1. The summed E-state index contributed by atoms with van der Waals surface area (Å²) in [6, 6.07) is 24.5. The fourth-order valence-corrected chi connectivity index (χ4v) is 5.65. The van der Waals surface area contributed by atoms with Gasteiger partial charge in [0.2, 0.25) is 5.91 Å². The molecule has 2 aliphatic rings. The van der Waals surface area contributed by atoms with Crippen molar-refractivity contribution in [3.63, 3.8) is 0 Å². The molecule has 0 unspecified atom stereocenters. The highest BCUT2D eigenvalue weighted by molar-refractivity contribution is 5.92. The molecule has 0 atom stereocenters. The molecule has 0 aliphatic carbocycles. The zero-order valence-corrected chi connectivity index (χ0v) is 22.3. The third-order valence-electron chi connectivity index (χ3n) is 7.62. The Bertz CT molecular complexity index is 1450. The Hall–Kier alpha value is -4.01. The highest BCUT2D eigenvalue weighted by atomic mass is 16.5. The molecule has 8 nitrogen and oxygen atoms in total. The van der Waals surface area contributed by atoms with Crippen LogP contribution >= 0.6 is 0 Å². The van der Waals surface area contributed by atoms with Gasteiger partial charge in [-0.05, 0) is 55.8 Å². The summed E-state index contributed by atoms with van der Waals surface area (Å²) in [5.74, 6) is 2.78. The van der Waals surface area contributed by atoms with Crippen LogP contribution in [0.25, 0.3) is 17.1 Å². The monoisotopic (exact) mass is 522 g/mol. The minimum absolute atomic E-state index is 0.0268. The number of aromatic nitrogens is 3. The highest BCUT2D eigenvalue weighted by Gasteiger charge is 2.23. The Kier molecular flexibility index (Phi) is 7.38. The molecule has 0 spiro atoms. The van der Waals surface area contributed by atoms with E-state index in [1.54, 1.807) is 7.11 Å². The van der Waals surface area contributed by atoms with Crippen LogP contribution in [0.4, 0.5) is 5.69 Å². The summed E-state index contributed by atoms with van der Waals surface area (Å²) in [7, 11) is 1.72. The van der Waals surface area contributed by atoms with Crippen molar-refractivity contribution in [3.8, 4) is 22.8 Å². The smallest absolute Gasteiger partial charge is 0.238 e. The van der Waals surface area contributed by atoms with E-state index in [0.29, 0.717) is 6.54 Å². The number of hydrogen-bond donors (Lipinski definition) is 1. The minimum Gasteiger partial charge on any atom is -0.496 e. The molecule has 200 valence electrons. The summed E-state index contributed by atoms with van der Waals surface area (Å²) in [6.07, 6.45) is 2.73. The zero-order chi connectivity index (χ0) is 26.6. The van der Waals surface area contributed by atoms with Gasteiger partial charge >= 0.3 is 0 Å². The molecule has 6 rings (SSSR count). The van der Waals surface area contributed by atoms with E-state index in [0.717, 1.165) is 86.3 Å². The summed E-state index contributed by atoms with van der Waals surface area (Å²) in [4.78, 5) is 17.7. The first kappa shape index (κ1) is 25.3. The summed E-state index contributed by atoms with van der Waals surface area (Å²) in [5, 5.41) is 12.1. The van der Waals surface area contributed by atoms with Crippen molar-refractivity contribution in [2.45, 2.75) is 25.8 Å². The number of ether oxygens (including phenoxy) is 1. The van der Waals surface area contributed by atoms with Crippen molar-refractivity contribution >= 4 is 11.6 Å². The average molecular weight is 523 g/mol. The highest BCUT2D eigenvalue weighted by Crippen LogP contribution is 2.31. The lowest BCUT2D eigenvalue weighted by molar-refractivity contribution is -0.117. The van der Waals surface area contributed by atoms with Crippen LogP contribution in [-0.4, -0.2) is 70.3 Å². The molecule has 39 heavy (non-hydrogen) atoms. The van der Waals surface area contributed by atoms with Crippen LogP contribution < -0.4 is 10.1 Å². The maximum Gasteiger partial charge on any atom is 0.238 e. The Morgan fingerprint density at radius 1 is 0.897 bits per heavy atom. The van der Waals surface area contributed by atoms with Crippen LogP contribution in [0.1, 0.15) is 23.4 Å². The van der Waals surface area contributed by atoms with Gasteiger partial charge in [-0.2, -0.15) is 0 Å². The molecule has 1 fully saturated rings. The first-order valence-electron chi connectivity index (χ1n) is 13.7. The van der Waals surface area contributed by atoms with Crippen LogP contribution in [0.2, 0.25) is 0 Å². The largest absolute Gasteiger partial charge is 0.496 e. The number of nitrogens with one attached hydrogen (secondary N) is 1. The Morgan fingerprint density at radius 3 is 2.56 bits per heavy atom. The lowest BCUT2D eigenvalue weighted by Crippen LogP contribution is -2.36. The normalized spacial score (nSPS) is 15.7. The Labute approximate surface area is 229 Å². The van der Waals surface area contributed by atoms with Crippen LogP contribution in [0.5, 0.6) is 5.75 Å². The van der Waals surface area contributed by atoms with Crippen LogP contribution in [0.3, 0.4) is 0 Å². The van der Waals surface area contributed by atoms with E-state index < -0.39 is 0 Å². The molecule has 3 heterocycles. The standard InChI is InChI=1S/C31H34N6O2/c1-39-28-11-6-5-10-25(28)21-35-16-7-17-36(19-18-35)22-30(38)32-26-13-14-27-24(20-26)12-15-29-33-34-31(37(27)29)23-8-3-2-4-9-23/h2-6,8-11,13-14,20H,7,12,15-19,21-22H2,1H3,(H,32,38). The van der Waals surface area contributed by atoms with Crippen molar-refractivity contribution in [1.29, 1.82) is 0 Å². The van der Waals surface area contributed by atoms with E-state index in [4.69, 9.17) is 4.74 Å². The van der Waals surface area contributed by atoms with Gasteiger partial charge in [0.25, 0.3) is 0 Å². The molecule has 1 aromatic heterocycles. The number of methoxy groups -OCH3 is 1. The van der Waals surface area contributed by atoms with Gasteiger partial charge < -0.3 is 10.1 Å². The van der Waals surface area contributed by atoms with E-state index in [-0.39, 0.29) is 5.91 Å². The maximum absolute atomic E-state index is 13.0. The van der Waals surface area contributed by atoms with Crippen molar-refractivity contribution in [2.24, 2.45) is 0 Å². The number of carbonyl (C=O) groups is 1. The number of fused-ring (bicyclic) bond motifs is 3. The van der Waals surface area contributed by atoms with Gasteiger partial charge in [-0.25, -0.2) is 0 Å². The molecule has 4 aromatic rings. The molecule has 0 radical (unpaired) electrons. The number of carbonyl (C=O) groups excluding carboxylic acids is 1. The van der Waals surface area contributed by atoms with Gasteiger partial charge in [-0.1, -0.05) is 48.5 Å². The number of benzene rings is 3. The van der Waals surface area contributed by atoms with Crippen molar-refractivity contribution in [1.82, 2.24) is 24.6 Å². The molecular weight excluding hydrogens is 488 g/mol. The van der Waals surface area contributed by atoms with Gasteiger partial charge in [0.15, 0.2) is 5.82 Å². The van der Waals surface area contributed by atoms with E-state index >= 15 is 0 Å². The number of nitrogens with zero attached hydrogens (tertiary/aromatic N) is 5. The Balaban J connectivity index is 1.08. The number of aryl methyl sites for hydroxylation is 2. The molecular formula is C31H34N6O2. The lowest BCUT2D eigenvalue weighted by atomic mass is 10.0. The number of amides is 1. The van der Waals surface area contributed by atoms with Crippen LogP contribution in [0, 0.1) is 0 Å². The topological polar surface area (TPSA) is 75.5 Å². The molecule has 8 heteroatoms. The maximum atomic E-state index is 13.0. The minimum atomic E-state index is 0.0268. The number of anilines is 1. The molecule has 0 saturated carbocycles. The van der Waals surface area contributed by atoms with Gasteiger partial charge in [-0.15, -0.1) is 10.2 Å². The van der Waals surface area contributed by atoms with Crippen molar-refractivity contribution < 1.29 is 9.53 Å². The molecule has 1 saturated heterocycles. The summed E-state index contributed by atoms with van der Waals surface area (Å²) in [6.45, 7) is 4.98. The van der Waals surface area contributed by atoms with Crippen LogP contribution in [-0.2, 0) is 24.2 Å². The van der Waals surface area contributed by atoms with Gasteiger partial charge in [0, 0.05) is 42.9 Å². The second-order valence-corrected chi connectivity index (χ2v) is 10.3. The number of rotatable bonds is 7. The van der Waals surface area contributed by atoms with Crippen LogP contribution in [0.15, 0.2) is 72.8 Å². The zero-order valence-electron chi connectivity index (χ0n) is 22.3. The molecule has 1 N–H and O–H groups in total. The fraction of sp³-hybridized carbons (Fsp3) is 0.323. The van der Waals surface area contributed by atoms with E-state index in [1.807, 2.05) is 36.4 Å². The number of para-hydroxylation sites is 1. The quantitative estimate of drug-likeness (QED) is 0.392. The van der Waals surface area contributed by atoms with Gasteiger partial charge in [0.05, 0.1) is 19.3 Å². The third-order valence-corrected chi connectivity index (χ3v) is 7.62. The molecule has 2 aliphatic heterocycles. The van der Waals surface area contributed by atoms with Crippen molar-refractivity contribution in [2.75, 3.05) is 45.2 Å².